The minimum absolute atomic E-state index is 0.382. The summed E-state index contributed by atoms with van der Waals surface area (Å²) in [6.07, 6.45) is 2.78. The molecule has 0 radical (unpaired) electrons. The molecule has 52 valence electrons. The predicted octanol–water partition coefficient (Wildman–Crippen LogP) is 1.89. The van der Waals surface area contributed by atoms with Gasteiger partial charge < -0.3 is 5.11 Å². The first-order chi connectivity index (χ1) is 4.22. The lowest BCUT2D eigenvalue weighted by Crippen LogP contribution is -2.06. The Balaban J connectivity index is 3.58. The molecule has 0 aliphatic carbocycles. The molecular weight excluding hydrogens is 112 g/mol. The molecule has 0 bridgehead atoms. The second-order valence-corrected chi connectivity index (χ2v) is 2.05. The maximum atomic E-state index is 9.15. The maximum Gasteiger partial charge on any atom is 0.0781 e. The molecule has 0 heterocycles. The third-order valence-corrected chi connectivity index (χ3v) is 1.32. The summed E-state index contributed by atoms with van der Waals surface area (Å²) < 4.78 is 0. The van der Waals surface area contributed by atoms with Crippen LogP contribution in [0.25, 0.3) is 0 Å². The molecule has 0 saturated heterocycles. The van der Waals surface area contributed by atoms with E-state index < -0.39 is 0 Å². The van der Waals surface area contributed by atoms with Crippen LogP contribution >= 0.6 is 0 Å². The van der Waals surface area contributed by atoms with E-state index in [1.165, 1.54) is 0 Å². The smallest absolute Gasteiger partial charge is 0.0781 e. The molecule has 0 aromatic heterocycles. The highest BCUT2D eigenvalue weighted by Crippen LogP contribution is 2.07. The summed E-state index contributed by atoms with van der Waals surface area (Å²) in [7, 11) is 0. The second kappa shape index (κ2) is 4.33. The van der Waals surface area contributed by atoms with Crippen molar-refractivity contribution < 1.29 is 5.11 Å². The molecule has 0 amide bonds. The van der Waals surface area contributed by atoms with Gasteiger partial charge in [-0.3, -0.25) is 0 Å². The van der Waals surface area contributed by atoms with Crippen LogP contribution in [0.2, 0.25) is 0 Å². The van der Waals surface area contributed by atoms with Gasteiger partial charge in [-0.05, 0) is 18.4 Å². The normalized spacial score (nSPS) is 12.7. The number of aliphatic hydroxyl groups is 1. The SMILES string of the molecule is C=CC[C@H](O)C(=C)CC. The standard InChI is InChI=1S/C8H14O/c1-4-6-8(9)7(3)5-2/h4,8-9H,1,3,5-6H2,2H3/t8-/m0/s1. The van der Waals surface area contributed by atoms with E-state index in [1.807, 2.05) is 6.92 Å². The Morgan fingerprint density at radius 1 is 1.78 bits per heavy atom. The Bertz CT molecular complexity index is 105. The predicted molar refractivity (Wildman–Crippen MR) is 40.3 cm³/mol. The molecule has 9 heavy (non-hydrogen) atoms. The first kappa shape index (κ1) is 8.44. The highest BCUT2D eigenvalue weighted by atomic mass is 16.3. The van der Waals surface area contributed by atoms with Gasteiger partial charge in [0.25, 0.3) is 0 Å². The molecule has 1 atom stereocenters. The zero-order valence-electron chi connectivity index (χ0n) is 5.93. The summed E-state index contributed by atoms with van der Waals surface area (Å²) in [5.74, 6) is 0. The van der Waals surface area contributed by atoms with Crippen molar-refractivity contribution >= 4 is 0 Å². The van der Waals surface area contributed by atoms with E-state index in [-0.39, 0.29) is 6.10 Å². The van der Waals surface area contributed by atoms with Crippen LogP contribution in [-0.4, -0.2) is 11.2 Å². The van der Waals surface area contributed by atoms with Crippen LogP contribution in [0.15, 0.2) is 24.8 Å². The molecule has 0 aromatic rings. The van der Waals surface area contributed by atoms with E-state index in [2.05, 4.69) is 13.2 Å². The van der Waals surface area contributed by atoms with Gasteiger partial charge in [0, 0.05) is 0 Å². The first-order valence-electron chi connectivity index (χ1n) is 3.19. The topological polar surface area (TPSA) is 20.2 Å². The first-order valence-corrected chi connectivity index (χ1v) is 3.19. The Morgan fingerprint density at radius 2 is 2.33 bits per heavy atom. The minimum atomic E-state index is -0.382. The molecule has 1 N–H and O–H groups in total. The van der Waals surface area contributed by atoms with Gasteiger partial charge in [-0.25, -0.2) is 0 Å². The summed E-state index contributed by atoms with van der Waals surface area (Å²) in [5.41, 5.74) is 0.884. The number of hydrogen-bond acceptors (Lipinski definition) is 1. The monoisotopic (exact) mass is 126 g/mol. The molecule has 0 fully saturated rings. The molecule has 0 spiro atoms. The van der Waals surface area contributed by atoms with Crippen LogP contribution in [0, 0.1) is 0 Å². The van der Waals surface area contributed by atoms with Crippen molar-refractivity contribution in [2.24, 2.45) is 0 Å². The van der Waals surface area contributed by atoms with Crippen LogP contribution < -0.4 is 0 Å². The van der Waals surface area contributed by atoms with Crippen LogP contribution in [0.3, 0.4) is 0 Å². The van der Waals surface area contributed by atoms with Crippen molar-refractivity contribution in [1.29, 1.82) is 0 Å². The lowest BCUT2D eigenvalue weighted by atomic mass is 10.1. The summed E-state index contributed by atoms with van der Waals surface area (Å²) in [6.45, 7) is 9.19. The lowest BCUT2D eigenvalue weighted by Gasteiger charge is -2.07. The molecular formula is C8H14O. The van der Waals surface area contributed by atoms with Crippen molar-refractivity contribution in [3.8, 4) is 0 Å². The summed E-state index contributed by atoms with van der Waals surface area (Å²) in [5, 5.41) is 9.15. The molecule has 0 aliphatic rings. The van der Waals surface area contributed by atoms with Crippen molar-refractivity contribution in [2.75, 3.05) is 0 Å². The Morgan fingerprint density at radius 3 is 2.67 bits per heavy atom. The molecule has 0 rings (SSSR count). The van der Waals surface area contributed by atoms with Gasteiger partial charge in [-0.2, -0.15) is 0 Å². The van der Waals surface area contributed by atoms with Crippen LogP contribution in [0.5, 0.6) is 0 Å². The van der Waals surface area contributed by atoms with Gasteiger partial charge >= 0.3 is 0 Å². The zero-order chi connectivity index (χ0) is 7.28. The second-order valence-electron chi connectivity index (χ2n) is 2.05. The Hall–Kier alpha value is -0.560. The van der Waals surface area contributed by atoms with Gasteiger partial charge in [0.15, 0.2) is 0 Å². The fourth-order valence-corrected chi connectivity index (χ4v) is 0.560. The molecule has 1 nitrogen and oxygen atoms in total. The number of aliphatic hydroxyl groups excluding tert-OH is 1. The van der Waals surface area contributed by atoms with Gasteiger partial charge in [0.05, 0.1) is 6.10 Å². The quantitative estimate of drug-likeness (QED) is 0.570. The van der Waals surface area contributed by atoms with E-state index in [0.717, 1.165) is 12.0 Å². The minimum Gasteiger partial charge on any atom is -0.388 e. The summed E-state index contributed by atoms with van der Waals surface area (Å²) in [6, 6.07) is 0. The molecule has 0 unspecified atom stereocenters. The number of rotatable bonds is 4. The van der Waals surface area contributed by atoms with E-state index in [4.69, 9.17) is 5.11 Å². The van der Waals surface area contributed by atoms with E-state index in [1.54, 1.807) is 6.08 Å². The fourth-order valence-electron chi connectivity index (χ4n) is 0.560. The highest BCUT2D eigenvalue weighted by molar-refractivity contribution is 5.02. The van der Waals surface area contributed by atoms with Gasteiger partial charge in [0.1, 0.15) is 0 Å². The maximum absolute atomic E-state index is 9.15. The summed E-state index contributed by atoms with van der Waals surface area (Å²) >= 11 is 0. The van der Waals surface area contributed by atoms with Crippen LogP contribution in [-0.2, 0) is 0 Å². The molecule has 0 saturated carbocycles. The van der Waals surface area contributed by atoms with Gasteiger partial charge in [0.2, 0.25) is 0 Å². The Kier molecular flexibility index (Phi) is 4.06. The fraction of sp³-hybridized carbons (Fsp3) is 0.500. The van der Waals surface area contributed by atoms with Crippen molar-refractivity contribution in [2.45, 2.75) is 25.9 Å². The van der Waals surface area contributed by atoms with Crippen LogP contribution in [0.1, 0.15) is 19.8 Å². The third kappa shape index (κ3) is 3.09. The molecule has 1 heteroatoms. The zero-order valence-corrected chi connectivity index (χ0v) is 5.93. The third-order valence-electron chi connectivity index (χ3n) is 1.32. The van der Waals surface area contributed by atoms with E-state index in [9.17, 15) is 0 Å². The summed E-state index contributed by atoms with van der Waals surface area (Å²) in [4.78, 5) is 0. The van der Waals surface area contributed by atoms with Gasteiger partial charge in [-0.1, -0.05) is 19.6 Å². The van der Waals surface area contributed by atoms with E-state index >= 15 is 0 Å². The average molecular weight is 126 g/mol. The largest absolute Gasteiger partial charge is 0.388 e. The average Bonchev–Trinajstić information content (AvgIpc) is 1.87. The Labute approximate surface area is 56.7 Å². The van der Waals surface area contributed by atoms with Crippen LogP contribution in [0.4, 0.5) is 0 Å². The van der Waals surface area contributed by atoms with Gasteiger partial charge in [-0.15, -0.1) is 6.58 Å². The molecule has 0 aromatic carbocycles. The van der Waals surface area contributed by atoms with E-state index in [0.29, 0.717) is 6.42 Å². The van der Waals surface area contributed by atoms with Crippen molar-refractivity contribution in [3.05, 3.63) is 24.8 Å². The lowest BCUT2D eigenvalue weighted by molar-refractivity contribution is 0.211. The highest BCUT2D eigenvalue weighted by Gasteiger charge is 2.02. The molecule has 0 aliphatic heterocycles. The van der Waals surface area contributed by atoms with Crippen molar-refractivity contribution in [3.63, 3.8) is 0 Å². The van der Waals surface area contributed by atoms with Crippen molar-refractivity contribution in [1.82, 2.24) is 0 Å². The number of hydrogen-bond donors (Lipinski definition) is 1.